The molecule has 3 nitrogen and oxygen atoms in total. The lowest BCUT2D eigenvalue weighted by atomic mass is 9.89. The Balaban J connectivity index is 2.31. The first-order valence-corrected chi connectivity index (χ1v) is 6.60. The van der Waals surface area contributed by atoms with Gasteiger partial charge in [-0.2, -0.15) is 8.78 Å². The standard InChI is InChI=1S/C16H17F2NO2/c1-4-6-19-7-5-11(10-19)9-16(14(20)21)12(8-13(17)18)15(16,2)3/h1,5,7-8,10,12H,6,9H2,2-3H3,(H,20,21)/t12-,16+/m1/s1. The van der Waals surface area contributed by atoms with E-state index in [1.807, 2.05) is 0 Å². The molecule has 1 heterocycles. The highest BCUT2D eigenvalue weighted by Gasteiger charge is 2.74. The van der Waals surface area contributed by atoms with Crippen LogP contribution in [0.15, 0.2) is 30.6 Å². The number of nitrogens with zero attached hydrogens (tertiary/aromatic N) is 1. The summed E-state index contributed by atoms with van der Waals surface area (Å²) in [5, 5.41) is 9.58. The van der Waals surface area contributed by atoms with Crippen LogP contribution in [0, 0.1) is 29.1 Å². The van der Waals surface area contributed by atoms with Gasteiger partial charge in [-0.15, -0.1) is 6.42 Å². The van der Waals surface area contributed by atoms with E-state index in [1.165, 1.54) is 0 Å². The number of hydrogen-bond donors (Lipinski definition) is 1. The van der Waals surface area contributed by atoms with E-state index >= 15 is 0 Å². The molecular formula is C16H17F2NO2. The van der Waals surface area contributed by atoms with Gasteiger partial charge >= 0.3 is 5.97 Å². The van der Waals surface area contributed by atoms with Crippen molar-refractivity contribution in [2.24, 2.45) is 16.7 Å². The topological polar surface area (TPSA) is 42.2 Å². The average Bonchev–Trinajstić information content (AvgIpc) is 2.72. The third kappa shape index (κ3) is 2.35. The second kappa shape index (κ2) is 5.03. The van der Waals surface area contributed by atoms with E-state index in [4.69, 9.17) is 6.42 Å². The number of carboxylic acid groups (broad SMARTS) is 1. The Morgan fingerprint density at radius 1 is 1.57 bits per heavy atom. The van der Waals surface area contributed by atoms with Crippen LogP contribution in [-0.4, -0.2) is 15.6 Å². The lowest BCUT2D eigenvalue weighted by molar-refractivity contribution is -0.145. The second-order valence-corrected chi connectivity index (χ2v) is 6.01. The maximum Gasteiger partial charge on any atom is 0.311 e. The van der Waals surface area contributed by atoms with Crippen LogP contribution >= 0.6 is 0 Å². The smallest absolute Gasteiger partial charge is 0.311 e. The average molecular weight is 293 g/mol. The Labute approximate surface area is 122 Å². The van der Waals surface area contributed by atoms with Gasteiger partial charge in [0.05, 0.1) is 12.0 Å². The zero-order valence-electron chi connectivity index (χ0n) is 11.9. The number of rotatable bonds is 5. The molecule has 2 rings (SSSR count). The summed E-state index contributed by atoms with van der Waals surface area (Å²) in [6.07, 6.45) is 7.90. The van der Waals surface area contributed by atoms with Gasteiger partial charge in [0, 0.05) is 18.3 Å². The molecule has 112 valence electrons. The molecule has 0 amide bonds. The van der Waals surface area contributed by atoms with E-state index < -0.39 is 28.8 Å². The molecule has 1 N–H and O–H groups in total. The first-order valence-electron chi connectivity index (χ1n) is 6.60. The normalized spacial score (nSPS) is 26.0. The number of hydrogen-bond acceptors (Lipinski definition) is 1. The van der Waals surface area contributed by atoms with Crippen molar-refractivity contribution in [3.05, 3.63) is 36.2 Å². The highest BCUT2D eigenvalue weighted by atomic mass is 19.3. The number of allylic oxidation sites excluding steroid dienone is 1. The number of carboxylic acids is 1. The maximum atomic E-state index is 12.6. The van der Waals surface area contributed by atoms with Gasteiger partial charge in [0.15, 0.2) is 0 Å². The van der Waals surface area contributed by atoms with Crippen LogP contribution in [-0.2, 0) is 17.8 Å². The second-order valence-electron chi connectivity index (χ2n) is 6.01. The number of terminal acetylenes is 1. The molecule has 0 radical (unpaired) electrons. The summed E-state index contributed by atoms with van der Waals surface area (Å²) in [5.41, 5.74) is -1.12. The predicted molar refractivity (Wildman–Crippen MR) is 74.6 cm³/mol. The SMILES string of the molecule is C#CCn1ccc(C[C@@]2(C(=O)O)[C@H](C=C(F)F)C2(C)C)c1. The van der Waals surface area contributed by atoms with Crippen LogP contribution in [0.4, 0.5) is 8.78 Å². The Kier molecular flexibility index (Phi) is 3.66. The molecular weight excluding hydrogens is 276 g/mol. The summed E-state index contributed by atoms with van der Waals surface area (Å²) in [6, 6.07) is 1.78. The molecule has 1 aromatic heterocycles. The molecule has 1 fully saturated rings. The number of aromatic nitrogens is 1. The lowest BCUT2D eigenvalue weighted by Crippen LogP contribution is -2.24. The molecule has 5 heteroatoms. The Bertz CT molecular complexity index is 635. The van der Waals surface area contributed by atoms with E-state index in [1.54, 1.807) is 36.9 Å². The van der Waals surface area contributed by atoms with Crippen molar-refractivity contribution >= 4 is 5.97 Å². The van der Waals surface area contributed by atoms with Crippen LogP contribution < -0.4 is 0 Å². The van der Waals surface area contributed by atoms with Crippen LogP contribution in [0.25, 0.3) is 0 Å². The zero-order valence-corrected chi connectivity index (χ0v) is 11.9. The van der Waals surface area contributed by atoms with Crippen molar-refractivity contribution in [1.29, 1.82) is 0 Å². The van der Waals surface area contributed by atoms with Crippen molar-refractivity contribution < 1.29 is 18.7 Å². The maximum absolute atomic E-state index is 12.6. The fraction of sp³-hybridized carbons (Fsp3) is 0.438. The number of carbonyl (C=O) groups is 1. The highest BCUT2D eigenvalue weighted by molar-refractivity contribution is 5.82. The van der Waals surface area contributed by atoms with Crippen LogP contribution in [0.1, 0.15) is 19.4 Å². The van der Waals surface area contributed by atoms with Crippen LogP contribution in [0.5, 0.6) is 0 Å². The van der Waals surface area contributed by atoms with Gasteiger partial charge in [-0.3, -0.25) is 4.79 Å². The molecule has 0 spiro atoms. The molecule has 1 aliphatic rings. The Hall–Kier alpha value is -2.09. The molecule has 21 heavy (non-hydrogen) atoms. The van der Waals surface area contributed by atoms with Gasteiger partial charge in [-0.25, -0.2) is 0 Å². The molecule has 0 aliphatic heterocycles. The zero-order chi connectivity index (χ0) is 15.8. The fourth-order valence-electron chi connectivity index (χ4n) is 3.31. The predicted octanol–water partition coefficient (Wildman–Crippen LogP) is 3.17. The van der Waals surface area contributed by atoms with E-state index in [0.29, 0.717) is 6.54 Å². The van der Waals surface area contributed by atoms with Crippen molar-refractivity contribution in [3.63, 3.8) is 0 Å². The summed E-state index contributed by atoms with van der Waals surface area (Å²) in [4.78, 5) is 11.7. The molecule has 0 aromatic carbocycles. The molecule has 1 aromatic rings. The van der Waals surface area contributed by atoms with Gasteiger partial charge in [0.25, 0.3) is 6.08 Å². The summed E-state index contributed by atoms with van der Waals surface area (Å²) in [5.74, 6) is 0.768. The number of aliphatic carboxylic acids is 1. The largest absolute Gasteiger partial charge is 0.481 e. The van der Waals surface area contributed by atoms with Gasteiger partial charge in [-0.1, -0.05) is 19.8 Å². The molecule has 0 saturated heterocycles. The summed E-state index contributed by atoms with van der Waals surface area (Å²) in [7, 11) is 0. The van der Waals surface area contributed by atoms with E-state index in [2.05, 4.69) is 5.92 Å². The summed E-state index contributed by atoms with van der Waals surface area (Å²) < 4.78 is 26.9. The van der Waals surface area contributed by atoms with Gasteiger partial charge in [0.2, 0.25) is 0 Å². The van der Waals surface area contributed by atoms with Crippen LogP contribution in [0.3, 0.4) is 0 Å². The first kappa shape index (κ1) is 15.3. The third-order valence-electron chi connectivity index (χ3n) is 4.62. The minimum Gasteiger partial charge on any atom is -0.481 e. The monoisotopic (exact) mass is 293 g/mol. The minimum absolute atomic E-state index is 0.210. The number of halogens is 2. The molecule has 0 unspecified atom stereocenters. The molecule has 2 atom stereocenters. The Morgan fingerprint density at radius 3 is 2.76 bits per heavy atom. The third-order valence-corrected chi connectivity index (χ3v) is 4.62. The van der Waals surface area contributed by atoms with E-state index in [9.17, 15) is 18.7 Å². The van der Waals surface area contributed by atoms with E-state index in [0.717, 1.165) is 11.6 Å². The van der Waals surface area contributed by atoms with Gasteiger partial charge < -0.3 is 9.67 Å². The van der Waals surface area contributed by atoms with Crippen molar-refractivity contribution in [2.75, 3.05) is 0 Å². The van der Waals surface area contributed by atoms with Crippen LogP contribution in [0.2, 0.25) is 0 Å². The quantitative estimate of drug-likeness (QED) is 0.847. The Morgan fingerprint density at radius 2 is 2.24 bits per heavy atom. The highest BCUT2D eigenvalue weighted by Crippen LogP contribution is 2.71. The lowest BCUT2D eigenvalue weighted by Gasteiger charge is -2.14. The van der Waals surface area contributed by atoms with Gasteiger partial charge in [-0.05, 0) is 29.5 Å². The van der Waals surface area contributed by atoms with Gasteiger partial charge in [0.1, 0.15) is 0 Å². The van der Waals surface area contributed by atoms with Crippen molar-refractivity contribution in [2.45, 2.75) is 26.8 Å². The van der Waals surface area contributed by atoms with Crippen molar-refractivity contribution in [1.82, 2.24) is 4.57 Å². The molecule has 0 bridgehead atoms. The van der Waals surface area contributed by atoms with Crippen molar-refractivity contribution in [3.8, 4) is 12.3 Å². The first-order chi connectivity index (χ1) is 9.75. The molecule has 1 saturated carbocycles. The van der Waals surface area contributed by atoms with E-state index in [-0.39, 0.29) is 6.42 Å². The molecule has 1 aliphatic carbocycles. The summed E-state index contributed by atoms with van der Waals surface area (Å²) >= 11 is 0. The minimum atomic E-state index is -1.83. The summed E-state index contributed by atoms with van der Waals surface area (Å²) in [6.45, 7) is 3.82. The fourth-order valence-corrected chi connectivity index (χ4v) is 3.31.